The van der Waals surface area contributed by atoms with E-state index in [1.165, 1.54) is 5.56 Å². The number of anilines is 2. The zero-order chi connectivity index (χ0) is 11.9. The predicted molar refractivity (Wildman–Crippen MR) is 68.3 cm³/mol. The fourth-order valence-corrected chi connectivity index (χ4v) is 2.03. The molecule has 0 amide bonds. The Hall–Kier alpha value is -1.38. The van der Waals surface area contributed by atoms with Crippen LogP contribution in [0.15, 0.2) is 12.1 Å². The molecule has 0 fully saturated rings. The Morgan fingerprint density at radius 3 is 2.62 bits per heavy atom. The first-order valence-electron chi connectivity index (χ1n) is 5.67. The molecule has 1 aromatic carbocycles. The highest BCUT2D eigenvalue weighted by molar-refractivity contribution is 5.70. The predicted octanol–water partition coefficient (Wildman–Crippen LogP) is 2.39. The highest BCUT2D eigenvalue weighted by Crippen LogP contribution is 2.41. The van der Waals surface area contributed by atoms with Crippen molar-refractivity contribution in [1.82, 2.24) is 0 Å². The summed E-state index contributed by atoms with van der Waals surface area (Å²) in [5, 5.41) is 0. The van der Waals surface area contributed by atoms with Crippen molar-refractivity contribution in [3.8, 4) is 5.75 Å². The zero-order valence-corrected chi connectivity index (χ0v) is 10.5. The number of ether oxygens (including phenoxy) is 1. The van der Waals surface area contributed by atoms with Crippen LogP contribution in [-0.2, 0) is 5.41 Å². The minimum absolute atomic E-state index is 0.0532. The Kier molecular flexibility index (Phi) is 2.49. The SMILES string of the molecule is CN1CCOc2c1cc(N)cc2C(C)(C)C. The molecule has 1 aliphatic rings. The third-order valence-electron chi connectivity index (χ3n) is 2.98. The molecule has 0 radical (unpaired) electrons. The number of rotatable bonds is 0. The van der Waals surface area contributed by atoms with Gasteiger partial charge in [-0.25, -0.2) is 0 Å². The molecule has 1 aromatic rings. The first kappa shape index (κ1) is 11.1. The van der Waals surface area contributed by atoms with Crippen molar-refractivity contribution in [3.05, 3.63) is 17.7 Å². The Morgan fingerprint density at radius 1 is 1.31 bits per heavy atom. The molecule has 0 atom stereocenters. The fraction of sp³-hybridized carbons (Fsp3) is 0.538. The van der Waals surface area contributed by atoms with Crippen molar-refractivity contribution in [1.29, 1.82) is 0 Å². The first-order chi connectivity index (χ1) is 7.39. The van der Waals surface area contributed by atoms with E-state index in [-0.39, 0.29) is 5.41 Å². The fourth-order valence-electron chi connectivity index (χ4n) is 2.03. The van der Waals surface area contributed by atoms with Gasteiger partial charge in [-0.15, -0.1) is 0 Å². The number of benzene rings is 1. The Bertz CT molecular complexity index is 407. The van der Waals surface area contributed by atoms with Gasteiger partial charge in [0.05, 0.1) is 12.2 Å². The van der Waals surface area contributed by atoms with Gasteiger partial charge in [0.15, 0.2) is 0 Å². The van der Waals surface area contributed by atoms with Crippen molar-refractivity contribution < 1.29 is 4.74 Å². The minimum atomic E-state index is 0.0532. The summed E-state index contributed by atoms with van der Waals surface area (Å²) in [6, 6.07) is 4.02. The molecule has 1 aliphatic heterocycles. The van der Waals surface area contributed by atoms with E-state index < -0.39 is 0 Å². The summed E-state index contributed by atoms with van der Waals surface area (Å²) in [6.07, 6.45) is 0. The lowest BCUT2D eigenvalue weighted by molar-refractivity contribution is 0.302. The van der Waals surface area contributed by atoms with E-state index in [1.807, 2.05) is 12.1 Å². The van der Waals surface area contributed by atoms with Crippen LogP contribution in [0.25, 0.3) is 0 Å². The second-order valence-electron chi connectivity index (χ2n) is 5.44. The quantitative estimate of drug-likeness (QED) is 0.682. The van der Waals surface area contributed by atoms with Gasteiger partial charge < -0.3 is 15.4 Å². The number of hydrogen-bond acceptors (Lipinski definition) is 3. The van der Waals surface area contributed by atoms with E-state index in [2.05, 4.69) is 32.7 Å². The van der Waals surface area contributed by atoms with Crippen molar-refractivity contribution in [3.63, 3.8) is 0 Å². The smallest absolute Gasteiger partial charge is 0.146 e. The van der Waals surface area contributed by atoms with E-state index in [0.29, 0.717) is 0 Å². The highest BCUT2D eigenvalue weighted by Gasteiger charge is 2.25. The standard InChI is InChI=1S/C13H20N2O/c1-13(2,3)10-7-9(14)8-11-12(10)16-6-5-15(11)4/h7-8H,5-6,14H2,1-4H3. The molecule has 0 aromatic heterocycles. The molecule has 3 heteroatoms. The summed E-state index contributed by atoms with van der Waals surface area (Å²) in [5.74, 6) is 0.996. The van der Waals surface area contributed by atoms with Crippen LogP contribution in [0.2, 0.25) is 0 Å². The van der Waals surface area contributed by atoms with Gasteiger partial charge in [0, 0.05) is 18.3 Å². The van der Waals surface area contributed by atoms with Crippen LogP contribution in [0.3, 0.4) is 0 Å². The zero-order valence-electron chi connectivity index (χ0n) is 10.5. The van der Waals surface area contributed by atoms with Crippen molar-refractivity contribution in [2.24, 2.45) is 0 Å². The molecule has 2 N–H and O–H groups in total. The Balaban J connectivity index is 2.62. The molecule has 3 nitrogen and oxygen atoms in total. The van der Waals surface area contributed by atoms with E-state index in [1.54, 1.807) is 0 Å². The summed E-state index contributed by atoms with van der Waals surface area (Å²) in [5.41, 5.74) is 9.12. The third kappa shape index (κ3) is 1.82. The molecule has 0 aliphatic carbocycles. The molecule has 1 heterocycles. The van der Waals surface area contributed by atoms with Gasteiger partial charge in [0.25, 0.3) is 0 Å². The molecule has 0 unspecified atom stereocenters. The van der Waals surface area contributed by atoms with Crippen LogP contribution in [0.4, 0.5) is 11.4 Å². The normalized spacial score (nSPS) is 15.6. The van der Waals surface area contributed by atoms with Crippen molar-refractivity contribution >= 4 is 11.4 Å². The summed E-state index contributed by atoms with van der Waals surface area (Å²) in [6.45, 7) is 8.20. The monoisotopic (exact) mass is 220 g/mol. The summed E-state index contributed by atoms with van der Waals surface area (Å²) >= 11 is 0. The van der Waals surface area contributed by atoms with Gasteiger partial charge in [-0.2, -0.15) is 0 Å². The van der Waals surface area contributed by atoms with Crippen LogP contribution in [0.5, 0.6) is 5.75 Å². The number of nitrogens with two attached hydrogens (primary N) is 1. The first-order valence-corrected chi connectivity index (χ1v) is 5.67. The third-order valence-corrected chi connectivity index (χ3v) is 2.98. The molecule has 2 rings (SSSR count). The summed E-state index contributed by atoms with van der Waals surface area (Å²) in [4.78, 5) is 2.20. The molecule has 16 heavy (non-hydrogen) atoms. The molecule has 0 bridgehead atoms. The number of hydrogen-bond donors (Lipinski definition) is 1. The van der Waals surface area contributed by atoms with Crippen molar-refractivity contribution in [2.75, 3.05) is 30.8 Å². The van der Waals surface area contributed by atoms with Crippen LogP contribution < -0.4 is 15.4 Å². The van der Waals surface area contributed by atoms with Gasteiger partial charge >= 0.3 is 0 Å². The number of likely N-dealkylation sites (N-methyl/N-ethyl adjacent to an activating group) is 1. The lowest BCUT2D eigenvalue weighted by Gasteiger charge is -2.33. The van der Waals surface area contributed by atoms with Gasteiger partial charge in [0.2, 0.25) is 0 Å². The maximum atomic E-state index is 5.96. The van der Waals surface area contributed by atoms with E-state index in [9.17, 15) is 0 Å². The van der Waals surface area contributed by atoms with Crippen LogP contribution in [0, 0.1) is 0 Å². The van der Waals surface area contributed by atoms with E-state index >= 15 is 0 Å². The van der Waals surface area contributed by atoms with Gasteiger partial charge in [-0.3, -0.25) is 0 Å². The molecule has 0 saturated carbocycles. The van der Waals surface area contributed by atoms with Crippen molar-refractivity contribution in [2.45, 2.75) is 26.2 Å². The average Bonchev–Trinajstić information content (AvgIpc) is 2.17. The summed E-state index contributed by atoms with van der Waals surface area (Å²) < 4.78 is 5.81. The number of nitrogen functional groups attached to an aromatic ring is 1. The topological polar surface area (TPSA) is 38.5 Å². The Morgan fingerprint density at radius 2 is 2.00 bits per heavy atom. The molecular formula is C13H20N2O. The van der Waals surface area contributed by atoms with E-state index in [4.69, 9.17) is 10.5 Å². The van der Waals surface area contributed by atoms with Crippen LogP contribution in [0.1, 0.15) is 26.3 Å². The van der Waals surface area contributed by atoms with Gasteiger partial charge in [-0.05, 0) is 17.5 Å². The minimum Gasteiger partial charge on any atom is -0.489 e. The average molecular weight is 220 g/mol. The maximum Gasteiger partial charge on any atom is 0.146 e. The molecule has 0 spiro atoms. The van der Waals surface area contributed by atoms with Crippen LogP contribution >= 0.6 is 0 Å². The molecular weight excluding hydrogens is 200 g/mol. The number of nitrogens with zero attached hydrogens (tertiary/aromatic N) is 1. The Labute approximate surface area is 97.2 Å². The van der Waals surface area contributed by atoms with Crippen LogP contribution in [-0.4, -0.2) is 20.2 Å². The van der Waals surface area contributed by atoms with Gasteiger partial charge in [-0.1, -0.05) is 20.8 Å². The number of fused-ring (bicyclic) bond motifs is 1. The molecule has 88 valence electrons. The van der Waals surface area contributed by atoms with Gasteiger partial charge in [0.1, 0.15) is 12.4 Å². The lowest BCUT2D eigenvalue weighted by Crippen LogP contribution is -2.30. The second kappa shape index (κ2) is 3.58. The largest absolute Gasteiger partial charge is 0.489 e. The molecule has 0 saturated heterocycles. The maximum absolute atomic E-state index is 5.96. The lowest BCUT2D eigenvalue weighted by atomic mass is 9.85. The second-order valence-corrected chi connectivity index (χ2v) is 5.44. The highest BCUT2D eigenvalue weighted by atomic mass is 16.5. The summed E-state index contributed by atoms with van der Waals surface area (Å²) in [7, 11) is 2.08. The van der Waals surface area contributed by atoms with E-state index in [0.717, 1.165) is 30.3 Å².